The van der Waals surface area contributed by atoms with Crippen LogP contribution in [0.1, 0.15) is 11.3 Å². The molecule has 0 radical (unpaired) electrons. The molecule has 0 fully saturated rings. The van der Waals surface area contributed by atoms with Crippen LogP contribution in [0, 0.1) is 11.6 Å². The fourth-order valence-electron chi connectivity index (χ4n) is 2.04. The maximum atomic E-state index is 13.5. The normalized spacial score (nSPS) is 10.7. The van der Waals surface area contributed by atoms with Crippen molar-refractivity contribution in [2.45, 2.75) is 13.0 Å². The number of halogens is 2. The molecule has 7 heteroatoms. The number of thiazole rings is 1. The monoisotopic (exact) mass is 333 g/mol. The zero-order chi connectivity index (χ0) is 16.2. The van der Waals surface area contributed by atoms with Crippen molar-refractivity contribution in [3.8, 4) is 5.13 Å². The number of carbonyl (C=O) groups excluding carboxylic acids is 1. The maximum absolute atomic E-state index is 13.5. The number of nitrogens with zero attached hydrogens (tertiary/aromatic N) is 2. The van der Waals surface area contributed by atoms with Crippen molar-refractivity contribution in [1.29, 1.82) is 0 Å². The first kappa shape index (κ1) is 15.4. The molecule has 0 bridgehead atoms. The van der Waals surface area contributed by atoms with Gasteiger partial charge in [-0.05, 0) is 18.2 Å². The van der Waals surface area contributed by atoms with Crippen molar-refractivity contribution >= 4 is 17.2 Å². The fraction of sp³-hybridized carbons (Fsp3) is 0.125. The van der Waals surface area contributed by atoms with Gasteiger partial charge in [-0.1, -0.05) is 6.07 Å². The van der Waals surface area contributed by atoms with E-state index in [1.807, 2.05) is 34.5 Å². The van der Waals surface area contributed by atoms with Crippen LogP contribution in [0.15, 0.2) is 48.1 Å². The quantitative estimate of drug-likeness (QED) is 0.780. The molecule has 23 heavy (non-hydrogen) atoms. The summed E-state index contributed by atoms with van der Waals surface area (Å²) in [6.45, 7) is 0.0134. The number of aromatic nitrogens is 2. The van der Waals surface area contributed by atoms with Crippen molar-refractivity contribution in [2.24, 2.45) is 0 Å². The maximum Gasteiger partial charge on any atom is 0.226 e. The van der Waals surface area contributed by atoms with Gasteiger partial charge in [-0.15, -0.1) is 11.3 Å². The molecule has 0 unspecified atom stereocenters. The fourth-order valence-corrected chi connectivity index (χ4v) is 2.83. The molecule has 1 N–H and O–H groups in total. The van der Waals surface area contributed by atoms with Crippen LogP contribution < -0.4 is 5.32 Å². The summed E-state index contributed by atoms with van der Waals surface area (Å²) in [5, 5.41) is 5.20. The van der Waals surface area contributed by atoms with E-state index in [4.69, 9.17) is 0 Å². The van der Waals surface area contributed by atoms with Crippen molar-refractivity contribution in [2.75, 3.05) is 0 Å². The van der Waals surface area contributed by atoms with E-state index >= 15 is 0 Å². The van der Waals surface area contributed by atoms with E-state index in [-0.39, 0.29) is 24.4 Å². The Kier molecular flexibility index (Phi) is 4.47. The standard InChI is InChI=1S/C16H13F2N3OS/c17-12-4-3-11(14(18)7-12)9-19-15(22)8-13-10-23-16(20-13)21-5-1-2-6-21/h1-7,10H,8-9H2,(H,19,22). The molecule has 1 amide bonds. The van der Waals surface area contributed by atoms with Gasteiger partial charge < -0.3 is 9.88 Å². The highest BCUT2D eigenvalue weighted by Crippen LogP contribution is 2.15. The Bertz CT molecular complexity index is 815. The average Bonchev–Trinajstić information content (AvgIpc) is 3.17. The van der Waals surface area contributed by atoms with Crippen LogP contribution in [0.4, 0.5) is 8.78 Å². The van der Waals surface area contributed by atoms with Crippen LogP contribution >= 0.6 is 11.3 Å². The SMILES string of the molecule is O=C(Cc1csc(-n2cccc2)n1)NCc1ccc(F)cc1F. The topological polar surface area (TPSA) is 46.9 Å². The Morgan fingerprint density at radius 3 is 2.78 bits per heavy atom. The number of rotatable bonds is 5. The molecule has 0 aliphatic carbocycles. The van der Waals surface area contributed by atoms with Gasteiger partial charge in [-0.3, -0.25) is 4.79 Å². The van der Waals surface area contributed by atoms with Crippen molar-refractivity contribution in [3.63, 3.8) is 0 Å². The Balaban J connectivity index is 1.57. The Labute approximate surface area is 135 Å². The lowest BCUT2D eigenvalue weighted by atomic mass is 10.2. The molecule has 3 aromatic rings. The van der Waals surface area contributed by atoms with E-state index in [0.29, 0.717) is 5.69 Å². The van der Waals surface area contributed by atoms with Gasteiger partial charge >= 0.3 is 0 Å². The van der Waals surface area contributed by atoms with E-state index in [1.165, 1.54) is 17.4 Å². The largest absolute Gasteiger partial charge is 0.352 e. The first-order chi connectivity index (χ1) is 11.1. The van der Waals surface area contributed by atoms with Gasteiger partial charge in [-0.2, -0.15) is 0 Å². The highest BCUT2D eigenvalue weighted by Gasteiger charge is 2.10. The average molecular weight is 333 g/mol. The summed E-state index contributed by atoms with van der Waals surface area (Å²) in [6, 6.07) is 7.06. The summed E-state index contributed by atoms with van der Waals surface area (Å²) in [7, 11) is 0. The van der Waals surface area contributed by atoms with Crippen LogP contribution in [0.25, 0.3) is 5.13 Å². The van der Waals surface area contributed by atoms with Crippen LogP contribution in [-0.2, 0) is 17.8 Å². The number of amides is 1. The lowest BCUT2D eigenvalue weighted by molar-refractivity contribution is -0.120. The lowest BCUT2D eigenvalue weighted by Crippen LogP contribution is -2.25. The summed E-state index contributed by atoms with van der Waals surface area (Å²) in [5.41, 5.74) is 0.891. The van der Waals surface area contributed by atoms with Gasteiger partial charge in [0.05, 0.1) is 12.1 Å². The minimum atomic E-state index is -0.672. The number of hydrogen-bond acceptors (Lipinski definition) is 3. The molecular weight excluding hydrogens is 320 g/mol. The van der Waals surface area contributed by atoms with Crippen molar-refractivity contribution < 1.29 is 13.6 Å². The number of benzene rings is 1. The molecule has 1 aromatic carbocycles. The Morgan fingerprint density at radius 2 is 2.04 bits per heavy atom. The van der Waals surface area contributed by atoms with E-state index < -0.39 is 11.6 Å². The van der Waals surface area contributed by atoms with Crippen LogP contribution in [0.3, 0.4) is 0 Å². The minimum absolute atomic E-state index is 0.0134. The van der Waals surface area contributed by atoms with Crippen molar-refractivity contribution in [1.82, 2.24) is 14.9 Å². The van der Waals surface area contributed by atoms with Gasteiger partial charge in [0.2, 0.25) is 5.91 Å². The first-order valence-electron chi connectivity index (χ1n) is 6.90. The molecule has 0 aliphatic heterocycles. The van der Waals surface area contributed by atoms with E-state index in [0.717, 1.165) is 17.3 Å². The molecule has 2 aromatic heterocycles. The molecule has 2 heterocycles. The molecule has 0 spiro atoms. The number of nitrogens with one attached hydrogen (secondary N) is 1. The zero-order valence-corrected chi connectivity index (χ0v) is 12.8. The van der Waals surface area contributed by atoms with Gasteiger partial charge in [0.1, 0.15) is 11.6 Å². The third kappa shape index (κ3) is 3.81. The summed E-state index contributed by atoms with van der Waals surface area (Å²) < 4.78 is 28.2. The summed E-state index contributed by atoms with van der Waals surface area (Å²) in [4.78, 5) is 16.3. The highest BCUT2D eigenvalue weighted by atomic mass is 32.1. The van der Waals surface area contributed by atoms with Crippen LogP contribution in [0.5, 0.6) is 0 Å². The smallest absolute Gasteiger partial charge is 0.226 e. The molecule has 0 saturated carbocycles. The summed E-state index contributed by atoms with van der Waals surface area (Å²) in [6.07, 6.45) is 3.86. The molecule has 0 saturated heterocycles. The lowest BCUT2D eigenvalue weighted by Gasteiger charge is -2.05. The zero-order valence-electron chi connectivity index (χ0n) is 12.0. The molecule has 0 aliphatic rings. The molecular formula is C16H13F2N3OS. The van der Waals surface area contributed by atoms with E-state index in [1.54, 1.807) is 0 Å². The number of carbonyl (C=O) groups is 1. The first-order valence-corrected chi connectivity index (χ1v) is 7.78. The summed E-state index contributed by atoms with van der Waals surface area (Å²) in [5.74, 6) is -1.58. The third-order valence-electron chi connectivity index (χ3n) is 3.20. The highest BCUT2D eigenvalue weighted by molar-refractivity contribution is 7.12. The van der Waals surface area contributed by atoms with Gasteiger partial charge in [0.25, 0.3) is 0 Å². The second kappa shape index (κ2) is 6.70. The number of hydrogen-bond donors (Lipinski definition) is 1. The second-order valence-corrected chi connectivity index (χ2v) is 5.74. The Morgan fingerprint density at radius 1 is 1.26 bits per heavy atom. The third-order valence-corrected chi connectivity index (χ3v) is 4.10. The van der Waals surface area contributed by atoms with E-state index in [2.05, 4.69) is 10.3 Å². The van der Waals surface area contributed by atoms with Crippen LogP contribution in [-0.4, -0.2) is 15.5 Å². The predicted molar refractivity (Wildman–Crippen MR) is 83.3 cm³/mol. The van der Waals surface area contributed by atoms with E-state index in [9.17, 15) is 13.6 Å². The molecule has 0 atom stereocenters. The second-order valence-electron chi connectivity index (χ2n) is 4.90. The predicted octanol–water partition coefficient (Wildman–Crippen LogP) is 3.07. The van der Waals surface area contributed by atoms with Crippen molar-refractivity contribution in [3.05, 3.63) is 71.0 Å². The van der Waals surface area contributed by atoms with Crippen LogP contribution in [0.2, 0.25) is 0 Å². The van der Waals surface area contributed by atoms with Gasteiger partial charge in [0.15, 0.2) is 5.13 Å². The molecule has 4 nitrogen and oxygen atoms in total. The minimum Gasteiger partial charge on any atom is -0.352 e. The van der Waals surface area contributed by atoms with Gasteiger partial charge in [-0.25, -0.2) is 13.8 Å². The Hall–Kier alpha value is -2.54. The molecule has 3 rings (SSSR count). The van der Waals surface area contributed by atoms with Gasteiger partial charge in [0, 0.05) is 35.9 Å². The summed E-state index contributed by atoms with van der Waals surface area (Å²) >= 11 is 1.44. The molecule has 118 valence electrons.